The first-order valence-electron chi connectivity index (χ1n) is 5.56. The predicted octanol–water partition coefficient (Wildman–Crippen LogP) is 2.76. The third-order valence-electron chi connectivity index (χ3n) is 3.22. The van der Waals surface area contributed by atoms with Gasteiger partial charge in [-0.05, 0) is 29.2 Å². The van der Waals surface area contributed by atoms with Gasteiger partial charge in [-0.15, -0.1) is 0 Å². The molecule has 0 fully saturated rings. The molecule has 96 valence electrons. The van der Waals surface area contributed by atoms with Gasteiger partial charge in [0.05, 0.1) is 5.60 Å². The van der Waals surface area contributed by atoms with Crippen LogP contribution >= 0.6 is 11.6 Å². The molecule has 1 aromatic carbocycles. The van der Waals surface area contributed by atoms with E-state index in [-0.39, 0.29) is 18.8 Å². The maximum atomic E-state index is 13.2. The second-order valence-electron chi connectivity index (χ2n) is 5.40. The lowest BCUT2D eigenvalue weighted by atomic mass is 9.73. The van der Waals surface area contributed by atoms with Gasteiger partial charge >= 0.3 is 0 Å². The lowest BCUT2D eigenvalue weighted by Gasteiger charge is -2.39. The normalized spacial score (nSPS) is 15.7. The molecule has 2 nitrogen and oxygen atoms in total. The van der Waals surface area contributed by atoms with Crippen molar-refractivity contribution in [2.45, 2.75) is 32.8 Å². The summed E-state index contributed by atoms with van der Waals surface area (Å²) >= 11 is 5.99. The number of hydrogen-bond donors (Lipinski definition) is 2. The van der Waals surface area contributed by atoms with Crippen LogP contribution in [0.1, 0.15) is 26.3 Å². The van der Waals surface area contributed by atoms with E-state index in [2.05, 4.69) is 0 Å². The molecule has 1 rings (SSSR count). The Kier molecular flexibility index (Phi) is 4.18. The number of nitrogens with two attached hydrogens (primary N) is 1. The van der Waals surface area contributed by atoms with Crippen molar-refractivity contribution in [3.63, 3.8) is 0 Å². The SMILES string of the molecule is CC(C)(C)C(O)(CN)Cc1cc(F)ccc1Cl. The molecule has 0 saturated carbocycles. The minimum absolute atomic E-state index is 0.101. The Hall–Kier alpha value is -0.640. The summed E-state index contributed by atoms with van der Waals surface area (Å²) in [4.78, 5) is 0. The van der Waals surface area contributed by atoms with E-state index in [9.17, 15) is 9.50 Å². The first kappa shape index (κ1) is 14.4. The highest BCUT2D eigenvalue weighted by Crippen LogP contribution is 2.34. The fourth-order valence-electron chi connectivity index (χ4n) is 1.64. The standard InChI is InChI=1S/C13H19ClFNO/c1-12(2,3)13(17,8-16)7-9-6-10(15)4-5-11(9)14/h4-6,17H,7-8,16H2,1-3H3. The predicted molar refractivity (Wildman–Crippen MR) is 68.6 cm³/mol. The average molecular weight is 260 g/mol. The molecule has 0 aliphatic carbocycles. The Morgan fingerprint density at radius 2 is 1.94 bits per heavy atom. The van der Waals surface area contributed by atoms with Crippen molar-refractivity contribution in [1.82, 2.24) is 0 Å². The van der Waals surface area contributed by atoms with Crippen LogP contribution in [0.2, 0.25) is 5.02 Å². The first-order valence-corrected chi connectivity index (χ1v) is 5.94. The molecule has 0 aromatic heterocycles. The highest BCUT2D eigenvalue weighted by molar-refractivity contribution is 6.31. The number of hydrogen-bond acceptors (Lipinski definition) is 2. The van der Waals surface area contributed by atoms with Gasteiger partial charge in [-0.3, -0.25) is 0 Å². The van der Waals surface area contributed by atoms with Crippen molar-refractivity contribution in [3.8, 4) is 0 Å². The van der Waals surface area contributed by atoms with Crippen LogP contribution in [0.25, 0.3) is 0 Å². The third kappa shape index (κ3) is 3.18. The van der Waals surface area contributed by atoms with E-state index in [0.717, 1.165) is 0 Å². The van der Waals surface area contributed by atoms with E-state index in [1.807, 2.05) is 20.8 Å². The van der Waals surface area contributed by atoms with Gasteiger partial charge in [0.1, 0.15) is 5.82 Å². The van der Waals surface area contributed by atoms with E-state index >= 15 is 0 Å². The molecule has 0 bridgehead atoms. The Labute approximate surface area is 107 Å². The van der Waals surface area contributed by atoms with Crippen LogP contribution in [0.3, 0.4) is 0 Å². The van der Waals surface area contributed by atoms with Crippen molar-refractivity contribution in [3.05, 3.63) is 34.6 Å². The number of aliphatic hydroxyl groups is 1. The van der Waals surface area contributed by atoms with Gasteiger partial charge in [0, 0.05) is 18.0 Å². The van der Waals surface area contributed by atoms with Gasteiger partial charge in [0.2, 0.25) is 0 Å². The third-order valence-corrected chi connectivity index (χ3v) is 3.59. The van der Waals surface area contributed by atoms with Gasteiger partial charge in [0.15, 0.2) is 0 Å². The van der Waals surface area contributed by atoms with Crippen LogP contribution in [-0.2, 0) is 6.42 Å². The Morgan fingerprint density at radius 1 is 1.35 bits per heavy atom. The molecule has 17 heavy (non-hydrogen) atoms. The van der Waals surface area contributed by atoms with E-state index in [1.54, 1.807) is 0 Å². The lowest BCUT2D eigenvalue weighted by Crippen LogP contribution is -2.50. The summed E-state index contributed by atoms with van der Waals surface area (Å²) in [6.07, 6.45) is 0.240. The molecular weight excluding hydrogens is 241 g/mol. The fourth-order valence-corrected chi connectivity index (χ4v) is 1.82. The van der Waals surface area contributed by atoms with Crippen LogP contribution in [0.4, 0.5) is 4.39 Å². The zero-order valence-corrected chi connectivity index (χ0v) is 11.2. The summed E-state index contributed by atoms with van der Waals surface area (Å²) in [6.45, 7) is 5.79. The molecule has 0 amide bonds. The molecule has 1 unspecified atom stereocenters. The molecule has 0 saturated heterocycles. The van der Waals surface area contributed by atoms with E-state index in [4.69, 9.17) is 17.3 Å². The summed E-state index contributed by atoms with van der Waals surface area (Å²) in [6, 6.07) is 4.13. The molecule has 0 heterocycles. The van der Waals surface area contributed by atoms with Crippen LogP contribution in [0, 0.1) is 11.2 Å². The monoisotopic (exact) mass is 259 g/mol. The fraction of sp³-hybridized carbons (Fsp3) is 0.538. The van der Waals surface area contributed by atoms with Crippen LogP contribution in [-0.4, -0.2) is 17.3 Å². The molecule has 4 heteroatoms. The van der Waals surface area contributed by atoms with Crippen LogP contribution < -0.4 is 5.73 Å². The van der Waals surface area contributed by atoms with Crippen molar-refractivity contribution in [2.75, 3.05) is 6.54 Å². The minimum atomic E-state index is -1.11. The van der Waals surface area contributed by atoms with Gasteiger partial charge in [-0.2, -0.15) is 0 Å². The Morgan fingerprint density at radius 3 is 2.41 bits per heavy atom. The van der Waals surface area contributed by atoms with Gasteiger partial charge in [-0.25, -0.2) is 4.39 Å². The molecule has 0 aliphatic rings. The molecular formula is C13H19ClFNO. The second-order valence-corrected chi connectivity index (χ2v) is 5.81. The largest absolute Gasteiger partial charge is 0.388 e. The summed E-state index contributed by atoms with van der Waals surface area (Å²) in [7, 11) is 0. The molecule has 1 atom stereocenters. The molecule has 0 radical (unpaired) electrons. The van der Waals surface area contributed by atoms with E-state index in [0.29, 0.717) is 10.6 Å². The quantitative estimate of drug-likeness (QED) is 0.877. The van der Waals surface area contributed by atoms with Crippen LogP contribution in [0.15, 0.2) is 18.2 Å². The Bertz CT molecular complexity index is 403. The number of benzene rings is 1. The Balaban J connectivity index is 3.07. The van der Waals surface area contributed by atoms with E-state index < -0.39 is 11.0 Å². The number of rotatable bonds is 3. The summed E-state index contributed by atoms with van der Waals surface area (Å²) in [5, 5.41) is 11.0. The topological polar surface area (TPSA) is 46.2 Å². The smallest absolute Gasteiger partial charge is 0.123 e. The summed E-state index contributed by atoms with van der Waals surface area (Å²) in [5.41, 5.74) is 4.71. The average Bonchev–Trinajstić information content (AvgIpc) is 2.21. The highest BCUT2D eigenvalue weighted by Gasteiger charge is 2.39. The summed E-state index contributed by atoms with van der Waals surface area (Å²) < 4.78 is 13.2. The zero-order valence-electron chi connectivity index (χ0n) is 10.4. The van der Waals surface area contributed by atoms with Gasteiger partial charge in [-0.1, -0.05) is 32.4 Å². The molecule has 3 N–H and O–H groups in total. The second kappa shape index (κ2) is 4.92. The minimum Gasteiger partial charge on any atom is -0.388 e. The number of halogens is 2. The van der Waals surface area contributed by atoms with Crippen molar-refractivity contribution >= 4 is 11.6 Å². The van der Waals surface area contributed by atoms with Gasteiger partial charge < -0.3 is 10.8 Å². The maximum absolute atomic E-state index is 13.2. The first-order chi connectivity index (χ1) is 7.69. The molecule has 0 aliphatic heterocycles. The zero-order chi connectivity index (χ0) is 13.3. The molecule has 1 aromatic rings. The van der Waals surface area contributed by atoms with Crippen molar-refractivity contribution in [2.24, 2.45) is 11.1 Å². The molecule has 0 spiro atoms. The van der Waals surface area contributed by atoms with Crippen molar-refractivity contribution in [1.29, 1.82) is 0 Å². The van der Waals surface area contributed by atoms with Gasteiger partial charge in [0.25, 0.3) is 0 Å². The maximum Gasteiger partial charge on any atom is 0.123 e. The van der Waals surface area contributed by atoms with Crippen LogP contribution in [0.5, 0.6) is 0 Å². The lowest BCUT2D eigenvalue weighted by molar-refractivity contribution is -0.0490. The van der Waals surface area contributed by atoms with Crippen molar-refractivity contribution < 1.29 is 9.50 Å². The highest BCUT2D eigenvalue weighted by atomic mass is 35.5. The summed E-state index contributed by atoms with van der Waals surface area (Å²) in [5.74, 6) is -0.363. The van der Waals surface area contributed by atoms with E-state index in [1.165, 1.54) is 18.2 Å².